The van der Waals surface area contributed by atoms with E-state index in [1.54, 1.807) is 17.5 Å². The molecule has 1 N–H and O–H groups in total. The minimum Gasteiger partial charge on any atom is -0.388 e. The zero-order valence-electron chi connectivity index (χ0n) is 9.34. The highest BCUT2D eigenvalue weighted by molar-refractivity contribution is 7.07. The number of rotatable bonds is 5. The van der Waals surface area contributed by atoms with E-state index < -0.39 is 6.10 Å². The maximum atomic E-state index is 9.98. The molecule has 0 aliphatic rings. The molecule has 86 valence electrons. The molecular weight excluding hydrogens is 220 g/mol. The Morgan fingerprint density at radius 2 is 2.44 bits per heavy atom. The molecule has 1 atom stereocenters. The molecule has 16 heavy (non-hydrogen) atoms. The molecule has 2 aromatic rings. The normalized spacial score (nSPS) is 12.9. The van der Waals surface area contributed by atoms with Crippen molar-refractivity contribution in [2.24, 2.45) is 0 Å². The largest absolute Gasteiger partial charge is 0.388 e. The van der Waals surface area contributed by atoms with Gasteiger partial charge in [-0.15, -0.1) is 0 Å². The maximum absolute atomic E-state index is 9.98. The number of thiophene rings is 1. The van der Waals surface area contributed by atoms with Crippen LogP contribution in [0.2, 0.25) is 0 Å². The third-order valence-electron chi connectivity index (χ3n) is 2.65. The Hall–Kier alpha value is -1.13. The van der Waals surface area contributed by atoms with Gasteiger partial charge in [0, 0.05) is 18.3 Å². The van der Waals surface area contributed by atoms with Crippen LogP contribution in [0.3, 0.4) is 0 Å². The third-order valence-corrected chi connectivity index (χ3v) is 3.38. The summed E-state index contributed by atoms with van der Waals surface area (Å²) in [5, 5.41) is 18.3. The number of aromatic nitrogens is 2. The van der Waals surface area contributed by atoms with Gasteiger partial charge in [-0.25, -0.2) is 0 Å². The summed E-state index contributed by atoms with van der Waals surface area (Å²) in [7, 11) is 0. The van der Waals surface area contributed by atoms with Crippen LogP contribution < -0.4 is 0 Å². The van der Waals surface area contributed by atoms with Gasteiger partial charge < -0.3 is 5.11 Å². The summed E-state index contributed by atoms with van der Waals surface area (Å²) in [6.07, 6.45) is 4.94. The van der Waals surface area contributed by atoms with Crippen molar-refractivity contribution in [3.8, 4) is 0 Å². The Bertz CT molecular complexity index is 422. The van der Waals surface area contributed by atoms with Gasteiger partial charge in [-0.2, -0.15) is 16.4 Å². The third kappa shape index (κ3) is 2.71. The lowest BCUT2D eigenvalue weighted by Crippen LogP contribution is -1.98. The molecule has 2 rings (SSSR count). The predicted octanol–water partition coefficient (Wildman–Crippen LogP) is 2.63. The fourth-order valence-corrected chi connectivity index (χ4v) is 2.33. The van der Waals surface area contributed by atoms with E-state index in [0.717, 1.165) is 24.9 Å². The second-order valence-corrected chi connectivity index (χ2v) is 4.60. The summed E-state index contributed by atoms with van der Waals surface area (Å²) < 4.78 is 1.84. The summed E-state index contributed by atoms with van der Waals surface area (Å²) in [5.74, 6) is 0. The van der Waals surface area contributed by atoms with Crippen LogP contribution in [0.1, 0.15) is 30.6 Å². The fourth-order valence-electron chi connectivity index (χ4n) is 1.63. The first-order valence-electron chi connectivity index (χ1n) is 5.51. The van der Waals surface area contributed by atoms with E-state index in [1.165, 1.54) is 5.56 Å². The first kappa shape index (κ1) is 11.4. The lowest BCUT2D eigenvalue weighted by molar-refractivity contribution is 0.168. The second-order valence-electron chi connectivity index (χ2n) is 3.82. The van der Waals surface area contributed by atoms with Crippen molar-refractivity contribution in [2.75, 3.05) is 0 Å². The summed E-state index contributed by atoms with van der Waals surface area (Å²) in [5.41, 5.74) is 2.21. The van der Waals surface area contributed by atoms with E-state index >= 15 is 0 Å². The van der Waals surface area contributed by atoms with Gasteiger partial charge in [-0.05, 0) is 42.2 Å². The Morgan fingerprint density at radius 3 is 3.06 bits per heavy atom. The smallest absolute Gasteiger partial charge is 0.0823 e. The molecule has 0 spiro atoms. The Kier molecular flexibility index (Phi) is 3.74. The number of nitrogens with zero attached hydrogens (tertiary/aromatic N) is 2. The first-order valence-corrected chi connectivity index (χ1v) is 6.45. The monoisotopic (exact) mass is 236 g/mol. The van der Waals surface area contributed by atoms with E-state index in [9.17, 15) is 5.11 Å². The molecule has 2 aromatic heterocycles. The highest BCUT2D eigenvalue weighted by Crippen LogP contribution is 2.19. The molecule has 0 bridgehead atoms. The van der Waals surface area contributed by atoms with Gasteiger partial charge >= 0.3 is 0 Å². The standard InChI is InChI=1S/C12H16N2OS/c1-2-14-8-11(7-13-14)12(15)4-3-10-5-6-16-9-10/h5-9,12,15H,2-4H2,1H3. The molecule has 0 saturated carbocycles. The molecule has 0 aromatic carbocycles. The van der Waals surface area contributed by atoms with Crippen molar-refractivity contribution in [2.45, 2.75) is 32.4 Å². The molecule has 1 unspecified atom stereocenters. The number of hydrogen-bond acceptors (Lipinski definition) is 3. The van der Waals surface area contributed by atoms with Crippen molar-refractivity contribution < 1.29 is 5.11 Å². The van der Waals surface area contributed by atoms with Crippen LogP contribution in [0.15, 0.2) is 29.2 Å². The van der Waals surface area contributed by atoms with Gasteiger partial charge in [-0.3, -0.25) is 4.68 Å². The maximum Gasteiger partial charge on any atom is 0.0823 e. The van der Waals surface area contributed by atoms with Crippen LogP contribution in [0.4, 0.5) is 0 Å². The van der Waals surface area contributed by atoms with Gasteiger partial charge in [0.05, 0.1) is 12.3 Å². The average Bonchev–Trinajstić information content (AvgIpc) is 2.96. The number of hydrogen-bond donors (Lipinski definition) is 1. The van der Waals surface area contributed by atoms with Crippen molar-refractivity contribution in [1.29, 1.82) is 0 Å². The quantitative estimate of drug-likeness (QED) is 0.866. The zero-order valence-corrected chi connectivity index (χ0v) is 10.2. The lowest BCUT2D eigenvalue weighted by atomic mass is 10.1. The Balaban J connectivity index is 1.90. The van der Waals surface area contributed by atoms with Gasteiger partial charge in [-0.1, -0.05) is 0 Å². The number of aryl methyl sites for hydroxylation is 2. The van der Waals surface area contributed by atoms with Crippen molar-refractivity contribution in [1.82, 2.24) is 9.78 Å². The van der Waals surface area contributed by atoms with Crippen molar-refractivity contribution >= 4 is 11.3 Å². The highest BCUT2D eigenvalue weighted by atomic mass is 32.1. The summed E-state index contributed by atoms with van der Waals surface area (Å²) in [6.45, 7) is 2.88. The molecule has 0 aliphatic heterocycles. The van der Waals surface area contributed by atoms with Crippen LogP contribution in [0.25, 0.3) is 0 Å². The van der Waals surface area contributed by atoms with E-state index in [2.05, 4.69) is 21.9 Å². The van der Waals surface area contributed by atoms with Crippen LogP contribution in [0, 0.1) is 0 Å². The summed E-state index contributed by atoms with van der Waals surface area (Å²) in [6, 6.07) is 2.10. The second kappa shape index (κ2) is 5.27. The van der Waals surface area contributed by atoms with Crippen LogP contribution in [-0.4, -0.2) is 14.9 Å². The lowest BCUT2D eigenvalue weighted by Gasteiger charge is -2.06. The number of aliphatic hydroxyl groups is 1. The predicted molar refractivity (Wildman–Crippen MR) is 65.5 cm³/mol. The van der Waals surface area contributed by atoms with E-state index in [1.807, 2.05) is 17.8 Å². The first-order chi connectivity index (χ1) is 7.79. The van der Waals surface area contributed by atoms with Crippen molar-refractivity contribution in [3.05, 3.63) is 40.3 Å². The van der Waals surface area contributed by atoms with Crippen LogP contribution in [0.5, 0.6) is 0 Å². The van der Waals surface area contributed by atoms with Crippen LogP contribution in [-0.2, 0) is 13.0 Å². The molecule has 4 heteroatoms. The van der Waals surface area contributed by atoms with Crippen LogP contribution >= 0.6 is 11.3 Å². The molecule has 0 saturated heterocycles. The summed E-state index contributed by atoms with van der Waals surface area (Å²) in [4.78, 5) is 0. The molecule has 0 fully saturated rings. The average molecular weight is 236 g/mol. The molecular formula is C12H16N2OS. The van der Waals surface area contributed by atoms with E-state index in [0.29, 0.717) is 0 Å². The minimum absolute atomic E-state index is 0.403. The fraction of sp³-hybridized carbons (Fsp3) is 0.417. The number of aliphatic hydroxyl groups excluding tert-OH is 1. The SMILES string of the molecule is CCn1cc(C(O)CCc2ccsc2)cn1. The molecule has 0 amide bonds. The zero-order chi connectivity index (χ0) is 11.4. The van der Waals surface area contributed by atoms with Gasteiger partial charge in [0.15, 0.2) is 0 Å². The highest BCUT2D eigenvalue weighted by Gasteiger charge is 2.09. The van der Waals surface area contributed by atoms with Gasteiger partial charge in [0.25, 0.3) is 0 Å². The molecule has 0 radical (unpaired) electrons. The minimum atomic E-state index is -0.403. The summed E-state index contributed by atoms with van der Waals surface area (Å²) >= 11 is 1.70. The Morgan fingerprint density at radius 1 is 1.56 bits per heavy atom. The topological polar surface area (TPSA) is 38.0 Å². The molecule has 3 nitrogen and oxygen atoms in total. The van der Waals surface area contributed by atoms with E-state index in [4.69, 9.17) is 0 Å². The Labute approximate surface area is 99.4 Å². The van der Waals surface area contributed by atoms with Crippen molar-refractivity contribution in [3.63, 3.8) is 0 Å². The molecule has 2 heterocycles. The van der Waals surface area contributed by atoms with E-state index in [-0.39, 0.29) is 0 Å². The van der Waals surface area contributed by atoms with Gasteiger partial charge in [0.2, 0.25) is 0 Å². The van der Waals surface area contributed by atoms with Gasteiger partial charge in [0.1, 0.15) is 0 Å². The molecule has 0 aliphatic carbocycles.